The maximum absolute atomic E-state index is 13.1. The van der Waals surface area contributed by atoms with Gasteiger partial charge in [0, 0.05) is 23.2 Å². The third-order valence-corrected chi connectivity index (χ3v) is 5.79. The van der Waals surface area contributed by atoms with Crippen LogP contribution in [0, 0.1) is 0 Å². The van der Waals surface area contributed by atoms with E-state index in [4.69, 9.17) is 14.2 Å². The molecule has 0 aliphatic heterocycles. The summed E-state index contributed by atoms with van der Waals surface area (Å²) in [6.45, 7) is 0.274. The molecule has 0 aliphatic rings. The first-order chi connectivity index (χ1) is 17.2. The van der Waals surface area contributed by atoms with E-state index < -0.39 is 0 Å². The van der Waals surface area contributed by atoms with Crippen LogP contribution < -0.4 is 19.8 Å². The van der Waals surface area contributed by atoms with E-state index in [0.717, 1.165) is 33.4 Å². The van der Waals surface area contributed by atoms with Crippen LogP contribution >= 0.6 is 0 Å². The molecule has 174 valence electrons. The zero-order valence-electron chi connectivity index (χ0n) is 19.5. The van der Waals surface area contributed by atoms with E-state index in [0.29, 0.717) is 17.2 Å². The Morgan fingerprint density at radius 2 is 1.60 bits per heavy atom. The second-order valence-electron chi connectivity index (χ2n) is 7.94. The molecule has 5 rings (SSSR count). The zero-order valence-corrected chi connectivity index (χ0v) is 19.5. The van der Waals surface area contributed by atoms with Crippen molar-refractivity contribution in [2.24, 2.45) is 0 Å². The van der Waals surface area contributed by atoms with Crippen LogP contribution in [0.1, 0.15) is 5.69 Å². The summed E-state index contributed by atoms with van der Waals surface area (Å²) in [6, 6.07) is 28.6. The maximum atomic E-state index is 13.1. The first kappa shape index (κ1) is 22.2. The van der Waals surface area contributed by atoms with Gasteiger partial charge in [0.05, 0.1) is 31.1 Å². The molecule has 6 nitrogen and oxygen atoms in total. The Hall–Kier alpha value is -4.58. The lowest BCUT2D eigenvalue weighted by molar-refractivity contribution is 0.301. The van der Waals surface area contributed by atoms with Gasteiger partial charge in [-0.2, -0.15) is 0 Å². The fraction of sp³-hybridized carbons (Fsp3) is 0.103. The first-order valence-corrected chi connectivity index (χ1v) is 11.2. The number of aromatic nitrogens is 2. The average Bonchev–Trinajstić information content (AvgIpc) is 2.91. The molecule has 0 radical (unpaired) electrons. The highest BCUT2D eigenvalue weighted by Crippen LogP contribution is 2.34. The Balaban J connectivity index is 1.41. The molecule has 3 aromatic carbocycles. The van der Waals surface area contributed by atoms with Gasteiger partial charge in [0.25, 0.3) is 5.56 Å². The quantitative estimate of drug-likeness (QED) is 0.312. The Morgan fingerprint density at radius 1 is 0.800 bits per heavy atom. The van der Waals surface area contributed by atoms with Crippen molar-refractivity contribution in [3.63, 3.8) is 0 Å². The van der Waals surface area contributed by atoms with E-state index in [9.17, 15) is 4.79 Å². The minimum atomic E-state index is -0.193. The van der Waals surface area contributed by atoms with Crippen LogP contribution in [-0.2, 0) is 6.61 Å². The molecule has 0 aliphatic carbocycles. The van der Waals surface area contributed by atoms with Crippen molar-refractivity contribution >= 4 is 10.9 Å². The largest absolute Gasteiger partial charge is 0.493 e. The molecule has 5 aromatic rings. The van der Waals surface area contributed by atoms with E-state index in [2.05, 4.69) is 4.98 Å². The molecule has 0 spiro atoms. The van der Waals surface area contributed by atoms with E-state index in [1.165, 1.54) is 6.07 Å². The number of pyridine rings is 2. The first-order valence-electron chi connectivity index (χ1n) is 11.2. The summed E-state index contributed by atoms with van der Waals surface area (Å²) >= 11 is 0. The summed E-state index contributed by atoms with van der Waals surface area (Å²) in [5, 5.41) is 1.08. The number of para-hydroxylation sites is 2. The lowest BCUT2D eigenvalue weighted by Gasteiger charge is -2.15. The smallest absolute Gasteiger partial charge is 0.258 e. The van der Waals surface area contributed by atoms with E-state index in [1.54, 1.807) is 31.0 Å². The summed E-state index contributed by atoms with van der Waals surface area (Å²) in [5.74, 6) is 1.76. The molecule has 0 bridgehead atoms. The number of hydrogen-bond acceptors (Lipinski definition) is 5. The Labute approximate surface area is 203 Å². The van der Waals surface area contributed by atoms with Crippen molar-refractivity contribution < 1.29 is 14.2 Å². The highest BCUT2D eigenvalue weighted by Gasteiger charge is 2.12. The third-order valence-electron chi connectivity index (χ3n) is 5.79. The minimum absolute atomic E-state index is 0.193. The normalized spacial score (nSPS) is 10.8. The van der Waals surface area contributed by atoms with E-state index in [-0.39, 0.29) is 12.2 Å². The van der Waals surface area contributed by atoms with Gasteiger partial charge in [0.2, 0.25) is 0 Å². The number of methoxy groups -OCH3 is 2. The number of fused-ring (bicyclic) bond motifs is 1. The van der Waals surface area contributed by atoms with Crippen molar-refractivity contribution in [1.82, 2.24) is 9.55 Å². The molecule has 2 heterocycles. The van der Waals surface area contributed by atoms with Crippen molar-refractivity contribution in [3.8, 4) is 34.1 Å². The molecule has 0 amide bonds. The van der Waals surface area contributed by atoms with Crippen molar-refractivity contribution in [2.45, 2.75) is 6.61 Å². The molecular weight excluding hydrogens is 440 g/mol. The van der Waals surface area contributed by atoms with Crippen LogP contribution in [0.5, 0.6) is 17.2 Å². The van der Waals surface area contributed by atoms with E-state index >= 15 is 0 Å². The minimum Gasteiger partial charge on any atom is -0.493 e. The van der Waals surface area contributed by atoms with Crippen molar-refractivity contribution in [1.29, 1.82) is 0 Å². The Kier molecular flexibility index (Phi) is 6.18. The molecule has 0 unspecified atom stereocenters. The molecule has 2 aromatic heterocycles. The second kappa shape index (κ2) is 9.73. The van der Waals surface area contributed by atoms with Crippen LogP contribution in [0.4, 0.5) is 0 Å². The van der Waals surface area contributed by atoms with Crippen LogP contribution in [0.15, 0.2) is 102 Å². The maximum Gasteiger partial charge on any atom is 0.258 e. The zero-order chi connectivity index (χ0) is 24.2. The topological polar surface area (TPSA) is 62.6 Å². The fourth-order valence-corrected chi connectivity index (χ4v) is 4.03. The van der Waals surface area contributed by atoms with Gasteiger partial charge in [-0.1, -0.05) is 48.5 Å². The van der Waals surface area contributed by atoms with Gasteiger partial charge in [0.15, 0.2) is 11.5 Å². The van der Waals surface area contributed by atoms with Crippen molar-refractivity contribution in [3.05, 3.63) is 113 Å². The third kappa shape index (κ3) is 4.59. The van der Waals surface area contributed by atoms with Gasteiger partial charge in [-0.15, -0.1) is 0 Å². The summed E-state index contributed by atoms with van der Waals surface area (Å²) in [7, 11) is 3.20. The van der Waals surface area contributed by atoms with Crippen LogP contribution in [0.2, 0.25) is 0 Å². The number of rotatable bonds is 7. The molecule has 35 heavy (non-hydrogen) atoms. The number of hydrogen-bond donors (Lipinski definition) is 0. The van der Waals surface area contributed by atoms with Crippen LogP contribution in [-0.4, -0.2) is 23.8 Å². The van der Waals surface area contributed by atoms with Gasteiger partial charge in [-0.25, -0.2) is 4.98 Å². The van der Waals surface area contributed by atoms with Gasteiger partial charge in [-0.3, -0.25) is 9.36 Å². The Bertz CT molecular complexity index is 1560. The SMILES string of the molecule is COc1ccc(-c2ccccc2-n2ccc(OCc3ccc4ccccc4n3)cc2=O)cc1OC. The molecule has 0 fully saturated rings. The van der Waals surface area contributed by atoms with E-state index in [1.807, 2.05) is 78.9 Å². The highest BCUT2D eigenvalue weighted by molar-refractivity contribution is 5.78. The van der Waals surface area contributed by atoms with Crippen LogP contribution in [0.25, 0.3) is 27.7 Å². The van der Waals surface area contributed by atoms with Gasteiger partial charge >= 0.3 is 0 Å². The van der Waals surface area contributed by atoms with Gasteiger partial charge in [0.1, 0.15) is 12.4 Å². The van der Waals surface area contributed by atoms with Gasteiger partial charge in [-0.05, 0) is 42.0 Å². The summed E-state index contributed by atoms with van der Waals surface area (Å²) < 4.78 is 18.3. The second-order valence-corrected chi connectivity index (χ2v) is 7.94. The molecule has 0 saturated carbocycles. The molecular formula is C29H24N2O4. The number of nitrogens with zero attached hydrogens (tertiary/aromatic N) is 2. The van der Waals surface area contributed by atoms with Crippen molar-refractivity contribution in [2.75, 3.05) is 14.2 Å². The lowest BCUT2D eigenvalue weighted by Crippen LogP contribution is -2.17. The summed E-state index contributed by atoms with van der Waals surface area (Å²) in [4.78, 5) is 17.7. The summed E-state index contributed by atoms with van der Waals surface area (Å²) in [6.07, 6.45) is 1.73. The molecule has 0 saturated heterocycles. The lowest BCUT2D eigenvalue weighted by atomic mass is 10.0. The predicted octanol–water partition coefficient (Wildman–Crippen LogP) is 5.65. The monoisotopic (exact) mass is 464 g/mol. The highest BCUT2D eigenvalue weighted by atomic mass is 16.5. The standard InChI is InChI=1S/C29H24N2O4/c1-33-27-14-12-21(17-28(27)34-2)24-8-4-6-10-26(24)31-16-15-23(18-29(31)32)35-19-22-13-11-20-7-3-5-9-25(20)30-22/h3-18H,19H2,1-2H3. The molecule has 0 N–H and O–H groups in total. The van der Waals surface area contributed by atoms with Crippen LogP contribution in [0.3, 0.4) is 0 Å². The molecule has 6 heteroatoms. The average molecular weight is 465 g/mol. The molecule has 0 atom stereocenters. The summed E-state index contributed by atoms with van der Waals surface area (Å²) in [5.41, 5.74) is 4.08. The van der Waals surface area contributed by atoms with Gasteiger partial charge < -0.3 is 14.2 Å². The number of ether oxygens (including phenoxy) is 3. The fourth-order valence-electron chi connectivity index (χ4n) is 4.03. The number of benzene rings is 3. The predicted molar refractivity (Wildman–Crippen MR) is 137 cm³/mol. The Morgan fingerprint density at radius 3 is 2.43 bits per heavy atom.